The summed E-state index contributed by atoms with van der Waals surface area (Å²) in [6, 6.07) is 9.64. The third-order valence-electron chi connectivity index (χ3n) is 8.41. The first-order chi connectivity index (χ1) is 18.9. The Labute approximate surface area is 228 Å². The molecule has 2 aliphatic heterocycles. The molecule has 1 fully saturated rings. The molecule has 1 aromatic heterocycles. The molecule has 0 radical (unpaired) electrons. The van der Waals surface area contributed by atoms with Crippen LogP contribution in [0.3, 0.4) is 0 Å². The Morgan fingerprint density at radius 1 is 1.10 bits per heavy atom. The van der Waals surface area contributed by atoms with Gasteiger partial charge in [-0.05, 0) is 90.6 Å². The van der Waals surface area contributed by atoms with Crippen molar-refractivity contribution in [3.63, 3.8) is 0 Å². The standard InChI is InChI=1S/C32H34FNO5/c1-18-11-24(39-23-7-9-37-10-8-23)12-19(2)31(18)25-5-6-28(33)32-20(3-4-26(25)32)13-22-15-29-27(16-34-22)21(17-38-29)14-30(35)36/h5-6,11-12,15-16,20-21,23H,3-4,7-10,13-14,17H2,1-2H3,(H,35,36)/t20-,21+/m0/s1. The quantitative estimate of drug-likeness (QED) is 0.386. The number of hydrogen-bond donors (Lipinski definition) is 1. The van der Waals surface area contributed by atoms with Crippen LogP contribution < -0.4 is 9.47 Å². The zero-order valence-electron chi connectivity index (χ0n) is 22.5. The maximum absolute atomic E-state index is 15.3. The fraction of sp³-hybridized carbons (Fsp3) is 0.438. The number of nitrogens with zero attached hydrogens (tertiary/aromatic N) is 1. The molecule has 1 N–H and O–H groups in total. The number of hydrogen-bond acceptors (Lipinski definition) is 5. The Bertz CT molecular complexity index is 1390. The van der Waals surface area contributed by atoms with Crippen LogP contribution in [0.4, 0.5) is 4.39 Å². The largest absolute Gasteiger partial charge is 0.493 e. The number of carboxylic acid groups (broad SMARTS) is 1. The molecule has 2 atom stereocenters. The highest BCUT2D eigenvalue weighted by molar-refractivity contribution is 5.76. The van der Waals surface area contributed by atoms with E-state index in [4.69, 9.17) is 19.3 Å². The number of carbonyl (C=O) groups is 1. The van der Waals surface area contributed by atoms with Crippen LogP contribution >= 0.6 is 0 Å². The molecule has 6 rings (SSSR count). The molecular formula is C32H34FNO5. The van der Waals surface area contributed by atoms with Crippen LogP contribution in [-0.4, -0.2) is 42.0 Å². The molecule has 3 heterocycles. The first kappa shape index (κ1) is 25.8. The summed E-state index contributed by atoms with van der Waals surface area (Å²) >= 11 is 0. The van der Waals surface area contributed by atoms with E-state index in [1.54, 1.807) is 12.3 Å². The summed E-state index contributed by atoms with van der Waals surface area (Å²) in [6.07, 6.45) is 6.04. The van der Waals surface area contributed by atoms with Gasteiger partial charge in [0, 0.05) is 42.3 Å². The first-order valence-electron chi connectivity index (χ1n) is 13.9. The Morgan fingerprint density at radius 3 is 2.62 bits per heavy atom. The van der Waals surface area contributed by atoms with Gasteiger partial charge >= 0.3 is 5.97 Å². The van der Waals surface area contributed by atoms with Gasteiger partial charge in [0.25, 0.3) is 0 Å². The van der Waals surface area contributed by atoms with Gasteiger partial charge in [0.1, 0.15) is 23.4 Å². The van der Waals surface area contributed by atoms with Crippen molar-refractivity contribution in [3.8, 4) is 22.6 Å². The number of ether oxygens (including phenoxy) is 3. The van der Waals surface area contributed by atoms with Crippen molar-refractivity contribution in [2.75, 3.05) is 19.8 Å². The lowest BCUT2D eigenvalue weighted by Crippen LogP contribution is -2.25. The summed E-state index contributed by atoms with van der Waals surface area (Å²) in [5, 5.41) is 9.16. The van der Waals surface area contributed by atoms with Crippen molar-refractivity contribution in [2.45, 2.75) is 70.3 Å². The van der Waals surface area contributed by atoms with E-state index in [1.165, 1.54) is 0 Å². The molecule has 0 spiro atoms. The van der Waals surface area contributed by atoms with Gasteiger partial charge < -0.3 is 19.3 Å². The molecule has 1 aliphatic carbocycles. The average Bonchev–Trinajstić information content (AvgIpc) is 3.50. The van der Waals surface area contributed by atoms with E-state index < -0.39 is 5.97 Å². The number of fused-ring (bicyclic) bond motifs is 2. The highest BCUT2D eigenvalue weighted by Gasteiger charge is 2.32. The number of halogens is 1. The molecule has 204 valence electrons. The Hall–Kier alpha value is -3.45. The minimum Gasteiger partial charge on any atom is -0.493 e. The number of rotatable bonds is 7. The zero-order valence-corrected chi connectivity index (χ0v) is 22.5. The smallest absolute Gasteiger partial charge is 0.304 e. The Kier molecular flexibility index (Phi) is 7.02. The number of benzene rings is 2. The minimum atomic E-state index is -0.846. The third-order valence-corrected chi connectivity index (χ3v) is 8.41. The van der Waals surface area contributed by atoms with E-state index in [1.807, 2.05) is 12.1 Å². The van der Waals surface area contributed by atoms with Crippen LogP contribution in [0.15, 0.2) is 36.5 Å². The summed E-state index contributed by atoms with van der Waals surface area (Å²) in [5.41, 5.74) is 8.07. The van der Waals surface area contributed by atoms with Crippen molar-refractivity contribution >= 4 is 5.97 Å². The fourth-order valence-electron chi connectivity index (χ4n) is 6.59. The number of pyridine rings is 1. The van der Waals surface area contributed by atoms with Gasteiger partial charge in [-0.2, -0.15) is 0 Å². The van der Waals surface area contributed by atoms with Gasteiger partial charge in [0.15, 0.2) is 0 Å². The highest BCUT2D eigenvalue weighted by atomic mass is 19.1. The SMILES string of the molecule is Cc1cc(OC2CCOCC2)cc(C)c1-c1ccc(F)c2c1CC[C@H]2Cc1cc2c(cn1)[C@H](CC(=O)O)CO2. The number of aliphatic carboxylic acids is 1. The number of carboxylic acids is 1. The second-order valence-corrected chi connectivity index (χ2v) is 11.1. The normalized spacial score (nSPS) is 20.4. The monoisotopic (exact) mass is 531 g/mol. The molecule has 0 bridgehead atoms. The molecule has 1 saturated heterocycles. The molecule has 3 aliphatic rings. The molecule has 7 heteroatoms. The zero-order chi connectivity index (χ0) is 27.1. The minimum absolute atomic E-state index is 0.0264. The molecule has 0 amide bonds. The van der Waals surface area contributed by atoms with Crippen LogP contribution in [0.25, 0.3) is 11.1 Å². The lowest BCUT2D eigenvalue weighted by molar-refractivity contribution is -0.137. The second-order valence-electron chi connectivity index (χ2n) is 11.1. The van der Waals surface area contributed by atoms with Gasteiger partial charge in [0.05, 0.1) is 26.2 Å². The molecule has 0 unspecified atom stereocenters. The van der Waals surface area contributed by atoms with Gasteiger partial charge in [-0.1, -0.05) is 6.07 Å². The maximum atomic E-state index is 15.3. The van der Waals surface area contributed by atoms with E-state index in [9.17, 15) is 4.79 Å². The molecular weight excluding hydrogens is 497 g/mol. The van der Waals surface area contributed by atoms with Crippen molar-refractivity contribution in [3.05, 3.63) is 75.9 Å². The van der Waals surface area contributed by atoms with E-state index in [0.717, 1.165) is 89.3 Å². The van der Waals surface area contributed by atoms with Crippen LogP contribution in [0.1, 0.15) is 71.0 Å². The van der Waals surface area contributed by atoms with Crippen molar-refractivity contribution < 1.29 is 28.5 Å². The van der Waals surface area contributed by atoms with Crippen molar-refractivity contribution in [1.82, 2.24) is 4.98 Å². The van der Waals surface area contributed by atoms with Gasteiger partial charge in [-0.25, -0.2) is 4.39 Å². The molecule has 0 saturated carbocycles. The average molecular weight is 532 g/mol. The van der Waals surface area contributed by atoms with E-state index >= 15 is 4.39 Å². The first-order valence-corrected chi connectivity index (χ1v) is 13.9. The van der Waals surface area contributed by atoms with Crippen molar-refractivity contribution in [1.29, 1.82) is 0 Å². The van der Waals surface area contributed by atoms with Gasteiger partial charge in [0.2, 0.25) is 0 Å². The lowest BCUT2D eigenvalue weighted by atomic mass is 9.88. The summed E-state index contributed by atoms with van der Waals surface area (Å²) in [4.78, 5) is 15.8. The number of aryl methyl sites for hydroxylation is 2. The predicted molar refractivity (Wildman–Crippen MR) is 145 cm³/mol. The molecule has 3 aromatic rings. The predicted octanol–water partition coefficient (Wildman–Crippen LogP) is 6.29. The number of aromatic nitrogens is 1. The van der Waals surface area contributed by atoms with E-state index in [0.29, 0.717) is 18.8 Å². The van der Waals surface area contributed by atoms with Crippen LogP contribution in [-0.2, 0) is 22.4 Å². The van der Waals surface area contributed by atoms with Crippen LogP contribution in [0, 0.1) is 19.7 Å². The van der Waals surface area contributed by atoms with Crippen molar-refractivity contribution in [2.24, 2.45) is 0 Å². The van der Waals surface area contributed by atoms with Crippen LogP contribution in [0.2, 0.25) is 0 Å². The van der Waals surface area contributed by atoms with Crippen LogP contribution in [0.5, 0.6) is 11.5 Å². The molecule has 6 nitrogen and oxygen atoms in total. The maximum Gasteiger partial charge on any atom is 0.304 e. The van der Waals surface area contributed by atoms with Gasteiger partial charge in [-0.3, -0.25) is 9.78 Å². The third kappa shape index (κ3) is 5.12. The topological polar surface area (TPSA) is 77.9 Å². The van der Waals surface area contributed by atoms with E-state index in [2.05, 4.69) is 31.0 Å². The molecule has 2 aromatic carbocycles. The summed E-state index contributed by atoms with van der Waals surface area (Å²) in [7, 11) is 0. The lowest BCUT2D eigenvalue weighted by Gasteiger charge is -2.24. The molecule has 39 heavy (non-hydrogen) atoms. The van der Waals surface area contributed by atoms with Gasteiger partial charge in [-0.15, -0.1) is 0 Å². The summed E-state index contributed by atoms with van der Waals surface area (Å²) in [6.45, 7) is 6.04. The summed E-state index contributed by atoms with van der Waals surface area (Å²) in [5.74, 6) is 0.428. The highest BCUT2D eigenvalue weighted by Crippen LogP contribution is 2.45. The summed E-state index contributed by atoms with van der Waals surface area (Å²) < 4.78 is 32.8. The fourth-order valence-corrected chi connectivity index (χ4v) is 6.59. The second kappa shape index (κ2) is 10.6. The Balaban J connectivity index is 1.25. The van der Waals surface area contributed by atoms with E-state index in [-0.39, 0.29) is 30.2 Å². The Morgan fingerprint density at radius 2 is 1.87 bits per heavy atom.